The lowest BCUT2D eigenvalue weighted by molar-refractivity contribution is 0.223. The van der Waals surface area contributed by atoms with Gasteiger partial charge in [-0.15, -0.1) is 30.3 Å². The zero-order valence-corrected chi connectivity index (χ0v) is 11.1. The van der Waals surface area contributed by atoms with E-state index in [0.29, 0.717) is 0 Å². The SMILES string of the molecule is CN(C)C(=O)NP1(F)=NP(F)(F)=NP(F)(F)=N1. The van der Waals surface area contributed by atoms with Crippen molar-refractivity contribution in [1.82, 2.24) is 9.99 Å². The first-order valence-electron chi connectivity index (χ1n) is 3.84. The fourth-order valence-corrected chi connectivity index (χ4v) is 6.25. The van der Waals surface area contributed by atoms with Crippen molar-refractivity contribution >= 4 is 29.4 Å². The molecule has 0 spiro atoms. The van der Waals surface area contributed by atoms with Crippen molar-refractivity contribution < 1.29 is 25.8 Å². The van der Waals surface area contributed by atoms with E-state index in [1.54, 1.807) is 0 Å². The van der Waals surface area contributed by atoms with Crippen LogP contribution < -0.4 is 5.09 Å². The number of nitrogens with zero attached hydrogens (tertiary/aromatic N) is 4. The van der Waals surface area contributed by atoms with E-state index in [2.05, 4.69) is 9.03 Å². The summed E-state index contributed by atoms with van der Waals surface area (Å²) < 4.78 is 70.9. The number of hydrogen-bond donors (Lipinski definition) is 1. The number of rotatable bonds is 1. The van der Waals surface area contributed by atoms with Crippen LogP contribution in [0.5, 0.6) is 0 Å². The fourth-order valence-electron chi connectivity index (χ4n) is 0.735. The molecule has 0 aromatic rings. The smallest absolute Gasteiger partial charge is 0.331 e. The van der Waals surface area contributed by atoms with Crippen LogP contribution in [0.1, 0.15) is 0 Å². The first-order valence-corrected chi connectivity index (χ1v) is 8.38. The zero-order chi connectivity index (χ0) is 13.5. The van der Waals surface area contributed by atoms with Gasteiger partial charge in [-0.2, -0.15) is 4.20 Å². The first kappa shape index (κ1) is 14.7. The van der Waals surface area contributed by atoms with Crippen LogP contribution in [-0.4, -0.2) is 25.0 Å². The standard InChI is InChI=1S/C3H7F5N5OP3/c1-13(2)3(14)9-17(8)11-15(4,5)10-16(6,7)12-17/h1-2H3,(H,9,14). The third kappa shape index (κ3) is 4.08. The summed E-state index contributed by atoms with van der Waals surface area (Å²) in [6.45, 7) is 0. The number of halogens is 5. The molecule has 0 saturated carbocycles. The third-order valence-electron chi connectivity index (χ3n) is 1.31. The third-order valence-corrected chi connectivity index (χ3v) is 7.13. The summed E-state index contributed by atoms with van der Waals surface area (Å²) in [4.78, 5) is 11.8. The molecule has 0 bridgehead atoms. The molecule has 6 nitrogen and oxygen atoms in total. The van der Waals surface area contributed by atoms with Gasteiger partial charge in [-0.3, -0.25) is 5.09 Å². The summed E-state index contributed by atoms with van der Waals surface area (Å²) in [6.07, 6.45) is 0. The number of carbonyl (C=O) groups excluding carboxylic acids is 1. The highest BCUT2D eigenvalue weighted by Gasteiger charge is 2.40. The monoisotopic (exact) mass is 317 g/mol. The summed E-state index contributed by atoms with van der Waals surface area (Å²) in [5.41, 5.74) is 0. The van der Waals surface area contributed by atoms with Crippen molar-refractivity contribution in [2.45, 2.75) is 0 Å². The van der Waals surface area contributed by atoms with Gasteiger partial charge < -0.3 is 4.90 Å². The zero-order valence-electron chi connectivity index (χ0n) is 8.43. The second-order valence-corrected chi connectivity index (χ2v) is 8.26. The minimum absolute atomic E-state index is 0.783. The van der Waals surface area contributed by atoms with Crippen LogP contribution in [0.2, 0.25) is 0 Å². The van der Waals surface area contributed by atoms with Crippen molar-refractivity contribution in [3.8, 4) is 0 Å². The van der Waals surface area contributed by atoms with E-state index in [4.69, 9.17) is 0 Å². The molecule has 1 aliphatic rings. The molecule has 0 aliphatic carbocycles. The molecule has 0 saturated heterocycles. The lowest BCUT2D eigenvalue weighted by Crippen LogP contribution is -2.31. The molecule has 1 aliphatic heterocycles. The van der Waals surface area contributed by atoms with E-state index in [1.165, 1.54) is 19.2 Å². The molecule has 1 rings (SSSR count). The van der Waals surface area contributed by atoms with Gasteiger partial charge in [0.05, 0.1) is 0 Å². The number of hydrogen-bond acceptors (Lipinski definition) is 4. The van der Waals surface area contributed by atoms with Gasteiger partial charge in [-0.25, -0.2) is 4.79 Å². The van der Waals surface area contributed by atoms with Gasteiger partial charge in [0.2, 0.25) is 0 Å². The first-order chi connectivity index (χ1) is 7.45. The largest absolute Gasteiger partial charge is 0.424 e. The second kappa shape index (κ2) is 4.37. The van der Waals surface area contributed by atoms with Crippen LogP contribution in [0, 0.1) is 0 Å². The highest BCUT2D eigenvalue weighted by molar-refractivity contribution is 7.78. The molecule has 17 heavy (non-hydrogen) atoms. The minimum atomic E-state index is -5.77. The highest BCUT2D eigenvalue weighted by Crippen LogP contribution is 2.80. The Morgan fingerprint density at radius 1 is 1.00 bits per heavy atom. The lowest BCUT2D eigenvalue weighted by Gasteiger charge is -2.19. The quantitative estimate of drug-likeness (QED) is 0.539. The topological polar surface area (TPSA) is 69.4 Å². The van der Waals surface area contributed by atoms with Gasteiger partial charge >= 0.3 is 29.4 Å². The summed E-state index contributed by atoms with van der Waals surface area (Å²) >= 11 is 0. The van der Waals surface area contributed by atoms with Gasteiger partial charge in [0.25, 0.3) is 0 Å². The maximum Gasteiger partial charge on any atom is 0.424 e. The molecular weight excluding hydrogens is 310 g/mol. The molecule has 100 valence electrons. The Kier molecular flexibility index (Phi) is 3.77. The Morgan fingerprint density at radius 2 is 1.47 bits per heavy atom. The molecule has 0 aromatic carbocycles. The summed E-state index contributed by atoms with van der Waals surface area (Å²) in [7, 11) is -14.3. The molecule has 2 amide bonds. The Balaban J connectivity index is 3.23. The summed E-state index contributed by atoms with van der Waals surface area (Å²) in [6, 6.07) is -1.17. The van der Waals surface area contributed by atoms with Crippen LogP contribution in [0.4, 0.5) is 25.8 Å². The Labute approximate surface area is 93.6 Å². The predicted octanol–water partition coefficient (Wildman–Crippen LogP) is 4.96. The molecule has 14 heteroatoms. The van der Waals surface area contributed by atoms with E-state index >= 15 is 0 Å². The lowest BCUT2D eigenvalue weighted by atomic mass is 10.9. The van der Waals surface area contributed by atoms with Crippen molar-refractivity contribution in [2.24, 2.45) is 13.5 Å². The highest BCUT2D eigenvalue weighted by atomic mass is 31.3. The molecule has 1 unspecified atom stereocenters. The number of amides is 2. The maximum atomic E-state index is 13.6. The molecule has 0 fully saturated rings. The Morgan fingerprint density at radius 3 is 1.88 bits per heavy atom. The molecule has 0 radical (unpaired) electrons. The fraction of sp³-hybridized carbons (Fsp3) is 0.667. The van der Waals surface area contributed by atoms with Gasteiger partial charge in [0.15, 0.2) is 0 Å². The van der Waals surface area contributed by atoms with Crippen LogP contribution >= 0.6 is 23.3 Å². The predicted molar refractivity (Wildman–Crippen MR) is 55.8 cm³/mol. The molecule has 1 atom stereocenters. The summed E-state index contributed by atoms with van der Waals surface area (Å²) in [5, 5.41) is 1.34. The van der Waals surface area contributed by atoms with E-state index < -0.39 is 29.4 Å². The van der Waals surface area contributed by atoms with Gasteiger partial charge in [-0.1, -0.05) is 0 Å². The normalized spacial score (nSPS) is 29.4. The maximum absolute atomic E-state index is 13.6. The van der Waals surface area contributed by atoms with Crippen LogP contribution in [0.3, 0.4) is 0 Å². The van der Waals surface area contributed by atoms with E-state index in [-0.39, 0.29) is 0 Å². The second-order valence-electron chi connectivity index (χ2n) is 3.02. The molecular formula is C3H7F5N5OP3. The van der Waals surface area contributed by atoms with E-state index in [0.717, 1.165) is 4.90 Å². The van der Waals surface area contributed by atoms with Crippen LogP contribution in [-0.2, 0) is 0 Å². The number of carbonyl (C=O) groups is 1. The average Bonchev–Trinajstić information content (AvgIpc) is 1.94. The Bertz CT molecular complexity index is 495. The number of urea groups is 1. The Hall–Kier alpha value is -0.390. The van der Waals surface area contributed by atoms with Gasteiger partial charge in [0, 0.05) is 14.1 Å². The van der Waals surface area contributed by atoms with Crippen molar-refractivity contribution in [2.75, 3.05) is 14.1 Å². The van der Waals surface area contributed by atoms with Crippen molar-refractivity contribution in [3.05, 3.63) is 0 Å². The van der Waals surface area contributed by atoms with Gasteiger partial charge in [-0.05, 0) is 0 Å². The molecule has 1 heterocycles. The van der Waals surface area contributed by atoms with Crippen LogP contribution in [0.15, 0.2) is 13.5 Å². The molecule has 1 N–H and O–H groups in total. The van der Waals surface area contributed by atoms with Crippen LogP contribution in [0.25, 0.3) is 0 Å². The van der Waals surface area contributed by atoms with Gasteiger partial charge in [0.1, 0.15) is 0 Å². The average molecular weight is 317 g/mol. The van der Waals surface area contributed by atoms with Crippen molar-refractivity contribution in [1.29, 1.82) is 0 Å². The summed E-state index contributed by atoms with van der Waals surface area (Å²) in [5.74, 6) is 0. The minimum Gasteiger partial charge on any atom is -0.331 e. The molecule has 0 aromatic heterocycles. The van der Waals surface area contributed by atoms with E-state index in [9.17, 15) is 25.8 Å². The number of nitrogens with one attached hydrogen (secondary N) is 1. The van der Waals surface area contributed by atoms with Crippen molar-refractivity contribution in [3.63, 3.8) is 0 Å². The van der Waals surface area contributed by atoms with E-state index in [1.807, 2.05) is 4.52 Å².